The van der Waals surface area contributed by atoms with Crippen LogP contribution in [0.25, 0.3) is 0 Å². The molecule has 4 rings (SSSR count). The molecular weight excluding hydrogens is 358 g/mol. The lowest BCUT2D eigenvalue weighted by Crippen LogP contribution is -2.42. The Bertz CT molecular complexity index is 737. The van der Waals surface area contributed by atoms with Crippen LogP contribution in [0.5, 0.6) is 0 Å². The van der Waals surface area contributed by atoms with Gasteiger partial charge in [-0.15, -0.1) is 0 Å². The van der Waals surface area contributed by atoms with E-state index in [2.05, 4.69) is 5.32 Å². The molecule has 2 amide bonds. The molecule has 0 spiro atoms. The van der Waals surface area contributed by atoms with Gasteiger partial charge in [-0.3, -0.25) is 9.59 Å². The van der Waals surface area contributed by atoms with Crippen LogP contribution in [-0.2, 0) is 27.3 Å². The number of piperidine rings is 1. The van der Waals surface area contributed by atoms with Gasteiger partial charge in [0.1, 0.15) is 17.7 Å². The fraction of sp³-hybridized carbons (Fsp3) is 0.700. The zero-order valence-corrected chi connectivity index (χ0v) is 16.7. The van der Waals surface area contributed by atoms with Crippen LogP contribution >= 0.6 is 0 Å². The molecule has 1 N–H and O–H groups in total. The summed E-state index contributed by atoms with van der Waals surface area (Å²) in [7, 11) is 1.87. The number of hydrogen-bond acceptors (Lipinski definition) is 6. The van der Waals surface area contributed by atoms with Crippen LogP contribution in [0.4, 0.5) is 5.82 Å². The number of nitrogens with one attached hydrogen (secondary N) is 1. The highest BCUT2D eigenvalue weighted by molar-refractivity contribution is 5.81. The minimum Gasteiger partial charge on any atom is -0.373 e. The van der Waals surface area contributed by atoms with E-state index in [0.717, 1.165) is 68.1 Å². The van der Waals surface area contributed by atoms with Crippen LogP contribution in [0.1, 0.15) is 55.6 Å². The number of nitrogens with zero attached hydrogens (tertiary/aromatic N) is 4. The summed E-state index contributed by atoms with van der Waals surface area (Å²) in [6, 6.07) is 0. The highest BCUT2D eigenvalue weighted by Crippen LogP contribution is 2.31. The summed E-state index contributed by atoms with van der Waals surface area (Å²) in [6.07, 6.45) is 4.01. The molecule has 152 valence electrons. The molecule has 0 saturated carbocycles. The van der Waals surface area contributed by atoms with Gasteiger partial charge >= 0.3 is 0 Å². The maximum absolute atomic E-state index is 12.7. The Hall–Kier alpha value is -2.22. The number of likely N-dealkylation sites (tertiary alicyclic amines) is 1. The highest BCUT2D eigenvalue weighted by atomic mass is 16.5. The van der Waals surface area contributed by atoms with E-state index in [0.29, 0.717) is 19.7 Å². The number of carbonyl (C=O) groups excluding carboxylic acids is 2. The summed E-state index contributed by atoms with van der Waals surface area (Å²) in [5.74, 6) is 2.19. The molecule has 1 aromatic heterocycles. The van der Waals surface area contributed by atoms with Crippen molar-refractivity contribution < 1.29 is 14.3 Å². The van der Waals surface area contributed by atoms with Gasteiger partial charge in [-0.05, 0) is 25.7 Å². The summed E-state index contributed by atoms with van der Waals surface area (Å²) in [5, 5.41) is 3.21. The van der Waals surface area contributed by atoms with Gasteiger partial charge in [-0.2, -0.15) is 0 Å². The lowest BCUT2D eigenvalue weighted by molar-refractivity contribution is -0.141. The van der Waals surface area contributed by atoms with E-state index in [-0.39, 0.29) is 23.8 Å². The van der Waals surface area contributed by atoms with Crippen LogP contribution in [0.3, 0.4) is 0 Å². The van der Waals surface area contributed by atoms with Crippen molar-refractivity contribution in [3.05, 3.63) is 17.1 Å². The molecule has 1 unspecified atom stereocenters. The molecule has 0 bridgehead atoms. The van der Waals surface area contributed by atoms with Crippen molar-refractivity contribution in [3.8, 4) is 0 Å². The van der Waals surface area contributed by atoms with Crippen LogP contribution in [0, 0.1) is 0 Å². The maximum atomic E-state index is 12.7. The number of carbonyl (C=O) groups is 2. The van der Waals surface area contributed by atoms with Gasteiger partial charge in [-0.25, -0.2) is 9.97 Å². The van der Waals surface area contributed by atoms with Crippen molar-refractivity contribution in [3.63, 3.8) is 0 Å². The van der Waals surface area contributed by atoms with Crippen molar-refractivity contribution in [2.24, 2.45) is 0 Å². The standard InChI is InChI=1S/C20H29N5O3/c1-13(26)24-8-5-14(6-9-24)18-22-16-7-10-25(12-15(16)19(21-2)23-18)20(27)17-4-3-11-28-17/h14,17H,3-12H2,1-2H3,(H,21,22,23). The molecule has 0 aromatic carbocycles. The second kappa shape index (κ2) is 8.03. The first-order valence-electron chi connectivity index (χ1n) is 10.3. The Kier molecular flexibility index (Phi) is 5.48. The number of rotatable bonds is 3. The summed E-state index contributed by atoms with van der Waals surface area (Å²) in [5.41, 5.74) is 2.06. The van der Waals surface area contributed by atoms with Crippen molar-refractivity contribution in [2.75, 3.05) is 38.6 Å². The molecule has 3 aliphatic rings. The van der Waals surface area contributed by atoms with E-state index < -0.39 is 0 Å². The number of fused-ring (bicyclic) bond motifs is 1. The Balaban J connectivity index is 1.50. The smallest absolute Gasteiger partial charge is 0.252 e. The molecule has 28 heavy (non-hydrogen) atoms. The van der Waals surface area contributed by atoms with E-state index >= 15 is 0 Å². The second-order valence-corrected chi connectivity index (χ2v) is 7.90. The zero-order chi connectivity index (χ0) is 19.7. The molecule has 4 heterocycles. The van der Waals surface area contributed by atoms with E-state index in [1.165, 1.54) is 0 Å². The first-order chi connectivity index (χ1) is 13.6. The van der Waals surface area contributed by atoms with Crippen molar-refractivity contribution in [1.29, 1.82) is 0 Å². The number of ether oxygens (including phenoxy) is 1. The first-order valence-corrected chi connectivity index (χ1v) is 10.3. The molecule has 8 nitrogen and oxygen atoms in total. The van der Waals surface area contributed by atoms with Gasteiger partial charge in [0.15, 0.2) is 0 Å². The number of anilines is 1. The van der Waals surface area contributed by atoms with Gasteiger partial charge in [0.2, 0.25) is 5.91 Å². The predicted molar refractivity (Wildman–Crippen MR) is 104 cm³/mol. The van der Waals surface area contributed by atoms with Crippen molar-refractivity contribution in [2.45, 2.75) is 57.6 Å². The highest BCUT2D eigenvalue weighted by Gasteiger charge is 2.33. The van der Waals surface area contributed by atoms with Crippen LogP contribution in [-0.4, -0.2) is 71.0 Å². The van der Waals surface area contributed by atoms with Gasteiger partial charge in [0.25, 0.3) is 5.91 Å². The minimum absolute atomic E-state index is 0.0888. The molecule has 0 radical (unpaired) electrons. The number of amides is 2. The van der Waals surface area contributed by atoms with Crippen LogP contribution < -0.4 is 5.32 Å². The number of aromatic nitrogens is 2. The maximum Gasteiger partial charge on any atom is 0.252 e. The van der Waals surface area contributed by atoms with Gasteiger partial charge < -0.3 is 19.9 Å². The molecule has 0 aliphatic carbocycles. The SMILES string of the molecule is CNc1nc(C2CCN(C(C)=O)CC2)nc2c1CN(C(=O)C1CCCO1)CC2. The average molecular weight is 387 g/mol. The Labute approximate surface area is 165 Å². The van der Waals surface area contributed by atoms with E-state index in [9.17, 15) is 9.59 Å². The second-order valence-electron chi connectivity index (χ2n) is 7.90. The average Bonchev–Trinajstić information content (AvgIpc) is 3.27. The van der Waals surface area contributed by atoms with Crippen molar-refractivity contribution in [1.82, 2.24) is 19.8 Å². The molecule has 1 atom stereocenters. The summed E-state index contributed by atoms with van der Waals surface area (Å²) >= 11 is 0. The van der Waals surface area contributed by atoms with Gasteiger partial charge in [0, 0.05) is 58.1 Å². The fourth-order valence-electron chi connectivity index (χ4n) is 4.44. The lowest BCUT2D eigenvalue weighted by Gasteiger charge is -2.33. The molecule has 2 saturated heterocycles. The molecule has 2 fully saturated rings. The molecule has 3 aliphatic heterocycles. The summed E-state index contributed by atoms with van der Waals surface area (Å²) in [4.78, 5) is 37.7. The monoisotopic (exact) mass is 387 g/mol. The third-order valence-electron chi connectivity index (χ3n) is 6.14. The molecular formula is C20H29N5O3. The molecule has 1 aromatic rings. The van der Waals surface area contributed by atoms with E-state index in [1.807, 2.05) is 16.8 Å². The topological polar surface area (TPSA) is 87.7 Å². The minimum atomic E-state index is -0.286. The van der Waals surface area contributed by atoms with Gasteiger partial charge in [-0.1, -0.05) is 0 Å². The van der Waals surface area contributed by atoms with Crippen LogP contribution in [0.2, 0.25) is 0 Å². The fourth-order valence-corrected chi connectivity index (χ4v) is 4.44. The Morgan fingerprint density at radius 2 is 1.89 bits per heavy atom. The lowest BCUT2D eigenvalue weighted by atomic mass is 9.95. The Morgan fingerprint density at radius 3 is 2.54 bits per heavy atom. The zero-order valence-electron chi connectivity index (χ0n) is 16.7. The van der Waals surface area contributed by atoms with E-state index in [1.54, 1.807) is 6.92 Å². The number of hydrogen-bond donors (Lipinski definition) is 1. The summed E-state index contributed by atoms with van der Waals surface area (Å²) in [6.45, 7) is 5.04. The predicted octanol–water partition coefficient (Wildman–Crippen LogP) is 1.31. The summed E-state index contributed by atoms with van der Waals surface area (Å²) < 4.78 is 5.57. The van der Waals surface area contributed by atoms with E-state index in [4.69, 9.17) is 14.7 Å². The largest absolute Gasteiger partial charge is 0.373 e. The third-order valence-corrected chi connectivity index (χ3v) is 6.14. The first kappa shape index (κ1) is 19.1. The Morgan fingerprint density at radius 1 is 1.11 bits per heavy atom. The normalized spacial score (nSPS) is 22.9. The van der Waals surface area contributed by atoms with Gasteiger partial charge in [0.05, 0.1) is 12.2 Å². The third kappa shape index (κ3) is 3.70. The van der Waals surface area contributed by atoms with Crippen molar-refractivity contribution >= 4 is 17.6 Å². The quantitative estimate of drug-likeness (QED) is 0.841. The molecule has 8 heteroatoms. The van der Waals surface area contributed by atoms with Crippen LogP contribution in [0.15, 0.2) is 0 Å².